The Morgan fingerprint density at radius 1 is 1.31 bits per heavy atom. The topological polar surface area (TPSA) is 102 Å². The van der Waals surface area contributed by atoms with Crippen molar-refractivity contribution < 1.29 is 9.90 Å². The SMILES string of the molecule is CC(N)=NCC/C(C)=C(\C)CC(N)C(=O)O. The third-order valence-corrected chi connectivity index (χ3v) is 2.42. The van der Waals surface area contributed by atoms with Crippen molar-refractivity contribution in [1.82, 2.24) is 0 Å². The number of rotatable bonds is 6. The first kappa shape index (κ1) is 14.6. The molecule has 0 aliphatic heterocycles. The summed E-state index contributed by atoms with van der Waals surface area (Å²) in [5.74, 6) is -0.407. The van der Waals surface area contributed by atoms with Crippen molar-refractivity contribution in [3.63, 3.8) is 0 Å². The smallest absolute Gasteiger partial charge is 0.320 e. The van der Waals surface area contributed by atoms with Gasteiger partial charge in [0.2, 0.25) is 0 Å². The van der Waals surface area contributed by atoms with Crippen LogP contribution in [-0.2, 0) is 4.79 Å². The Kier molecular flexibility index (Phi) is 6.41. The Bertz CT molecular complexity index is 304. The minimum Gasteiger partial charge on any atom is -0.480 e. The molecule has 16 heavy (non-hydrogen) atoms. The average Bonchev–Trinajstić information content (AvgIpc) is 2.16. The Balaban J connectivity index is 4.25. The molecule has 0 saturated heterocycles. The Labute approximate surface area is 96.2 Å². The van der Waals surface area contributed by atoms with Gasteiger partial charge in [-0.15, -0.1) is 0 Å². The van der Waals surface area contributed by atoms with Crippen molar-refractivity contribution in [2.24, 2.45) is 16.5 Å². The lowest BCUT2D eigenvalue weighted by Gasteiger charge is -2.10. The number of hydrogen-bond donors (Lipinski definition) is 3. The second kappa shape index (κ2) is 7.00. The molecule has 0 spiro atoms. The lowest BCUT2D eigenvalue weighted by atomic mass is 10.0. The number of carbonyl (C=O) groups is 1. The summed E-state index contributed by atoms with van der Waals surface area (Å²) in [6.07, 6.45) is 1.17. The van der Waals surface area contributed by atoms with Gasteiger partial charge in [-0.25, -0.2) is 0 Å². The van der Waals surface area contributed by atoms with Crippen LogP contribution in [0.1, 0.15) is 33.6 Å². The molecule has 5 heteroatoms. The molecule has 5 N–H and O–H groups in total. The van der Waals surface area contributed by atoms with Gasteiger partial charge in [0.15, 0.2) is 0 Å². The summed E-state index contributed by atoms with van der Waals surface area (Å²) in [6, 6.07) is -0.824. The number of carboxylic acids is 1. The normalized spacial score (nSPS) is 15.6. The van der Waals surface area contributed by atoms with Crippen molar-refractivity contribution >= 4 is 11.8 Å². The molecule has 0 aliphatic carbocycles. The quantitative estimate of drug-likeness (QED) is 0.356. The fourth-order valence-electron chi connectivity index (χ4n) is 1.20. The third-order valence-electron chi connectivity index (χ3n) is 2.42. The summed E-state index contributed by atoms with van der Waals surface area (Å²) >= 11 is 0. The monoisotopic (exact) mass is 227 g/mol. The highest BCUT2D eigenvalue weighted by Crippen LogP contribution is 2.13. The molecular weight excluding hydrogens is 206 g/mol. The fourth-order valence-corrected chi connectivity index (χ4v) is 1.20. The largest absolute Gasteiger partial charge is 0.480 e. The predicted molar refractivity (Wildman–Crippen MR) is 65.4 cm³/mol. The zero-order valence-corrected chi connectivity index (χ0v) is 10.2. The first-order valence-corrected chi connectivity index (χ1v) is 5.24. The lowest BCUT2D eigenvalue weighted by Crippen LogP contribution is -2.30. The molecule has 5 nitrogen and oxygen atoms in total. The molecule has 0 bridgehead atoms. The van der Waals surface area contributed by atoms with Crippen LogP contribution >= 0.6 is 0 Å². The van der Waals surface area contributed by atoms with E-state index >= 15 is 0 Å². The van der Waals surface area contributed by atoms with Gasteiger partial charge >= 0.3 is 5.97 Å². The van der Waals surface area contributed by atoms with Crippen molar-refractivity contribution in [1.29, 1.82) is 0 Å². The van der Waals surface area contributed by atoms with Crippen LogP contribution < -0.4 is 11.5 Å². The molecule has 1 unspecified atom stereocenters. The minimum atomic E-state index is -0.969. The first-order chi connectivity index (χ1) is 7.34. The summed E-state index contributed by atoms with van der Waals surface area (Å²) in [5.41, 5.74) is 13.0. The molecule has 0 aromatic heterocycles. The average molecular weight is 227 g/mol. The van der Waals surface area contributed by atoms with Gasteiger partial charge in [0, 0.05) is 6.54 Å². The predicted octanol–water partition coefficient (Wildman–Crippen LogP) is 0.892. The molecule has 0 saturated carbocycles. The number of amidine groups is 1. The van der Waals surface area contributed by atoms with Gasteiger partial charge in [0.25, 0.3) is 0 Å². The van der Waals surface area contributed by atoms with Crippen LogP contribution in [0.15, 0.2) is 16.1 Å². The Hall–Kier alpha value is -1.36. The third kappa shape index (κ3) is 6.19. The van der Waals surface area contributed by atoms with E-state index in [0.29, 0.717) is 18.8 Å². The molecule has 0 aromatic rings. The molecule has 0 fully saturated rings. The van der Waals surface area contributed by atoms with Crippen LogP contribution in [0, 0.1) is 0 Å². The van der Waals surface area contributed by atoms with E-state index in [2.05, 4.69) is 4.99 Å². The van der Waals surface area contributed by atoms with Crippen molar-refractivity contribution in [2.75, 3.05) is 6.54 Å². The number of carboxylic acid groups (broad SMARTS) is 1. The first-order valence-electron chi connectivity index (χ1n) is 5.24. The van der Waals surface area contributed by atoms with Crippen LogP contribution in [0.5, 0.6) is 0 Å². The highest BCUT2D eigenvalue weighted by Gasteiger charge is 2.12. The highest BCUT2D eigenvalue weighted by atomic mass is 16.4. The van der Waals surface area contributed by atoms with E-state index in [9.17, 15) is 4.79 Å². The number of nitrogens with zero attached hydrogens (tertiary/aromatic N) is 1. The van der Waals surface area contributed by atoms with Crippen LogP contribution in [0.3, 0.4) is 0 Å². The molecule has 0 radical (unpaired) electrons. The zero-order valence-electron chi connectivity index (χ0n) is 10.2. The summed E-state index contributed by atoms with van der Waals surface area (Å²) in [4.78, 5) is 14.6. The van der Waals surface area contributed by atoms with E-state index in [-0.39, 0.29) is 0 Å². The molecule has 0 amide bonds. The maximum absolute atomic E-state index is 10.6. The molecule has 0 aromatic carbocycles. The van der Waals surface area contributed by atoms with Crippen molar-refractivity contribution in [3.05, 3.63) is 11.1 Å². The summed E-state index contributed by atoms with van der Waals surface area (Å²) < 4.78 is 0. The van der Waals surface area contributed by atoms with E-state index in [0.717, 1.165) is 17.6 Å². The standard InChI is InChI=1S/C11H21N3O2/c1-7(4-5-14-9(3)12)8(2)6-10(13)11(15)16/h10H,4-6,13H2,1-3H3,(H2,12,14)(H,15,16)/b8-7+. The van der Waals surface area contributed by atoms with Gasteiger partial charge in [0.1, 0.15) is 6.04 Å². The van der Waals surface area contributed by atoms with Crippen LogP contribution in [0.4, 0.5) is 0 Å². The van der Waals surface area contributed by atoms with E-state index in [4.69, 9.17) is 16.6 Å². The maximum atomic E-state index is 10.6. The molecule has 92 valence electrons. The number of aliphatic carboxylic acids is 1. The van der Waals surface area contributed by atoms with Crippen LogP contribution in [-0.4, -0.2) is 29.5 Å². The maximum Gasteiger partial charge on any atom is 0.320 e. The summed E-state index contributed by atoms with van der Waals surface area (Å²) in [6.45, 7) is 6.24. The molecule has 1 atom stereocenters. The number of hydrogen-bond acceptors (Lipinski definition) is 3. The van der Waals surface area contributed by atoms with Crippen molar-refractivity contribution in [2.45, 2.75) is 39.7 Å². The summed E-state index contributed by atoms with van der Waals surface area (Å²) in [7, 11) is 0. The molecule has 0 heterocycles. The molecule has 0 rings (SSSR count). The Morgan fingerprint density at radius 3 is 2.31 bits per heavy atom. The van der Waals surface area contributed by atoms with E-state index < -0.39 is 12.0 Å². The van der Waals surface area contributed by atoms with Gasteiger partial charge in [-0.05, 0) is 33.6 Å². The fraction of sp³-hybridized carbons (Fsp3) is 0.636. The summed E-state index contributed by atoms with van der Waals surface area (Å²) in [5, 5.41) is 8.68. The zero-order chi connectivity index (χ0) is 12.7. The van der Waals surface area contributed by atoms with Crippen LogP contribution in [0.2, 0.25) is 0 Å². The second-order valence-corrected chi connectivity index (χ2v) is 3.98. The lowest BCUT2D eigenvalue weighted by molar-refractivity contribution is -0.138. The van der Waals surface area contributed by atoms with Gasteiger partial charge in [-0.1, -0.05) is 11.1 Å². The van der Waals surface area contributed by atoms with Gasteiger partial charge in [0.05, 0.1) is 5.84 Å². The van der Waals surface area contributed by atoms with E-state index in [1.54, 1.807) is 6.92 Å². The molecule has 0 aliphatic rings. The van der Waals surface area contributed by atoms with Crippen LogP contribution in [0.25, 0.3) is 0 Å². The Morgan fingerprint density at radius 2 is 1.88 bits per heavy atom. The highest BCUT2D eigenvalue weighted by molar-refractivity contribution is 5.77. The van der Waals surface area contributed by atoms with E-state index in [1.165, 1.54) is 0 Å². The van der Waals surface area contributed by atoms with Crippen molar-refractivity contribution in [3.8, 4) is 0 Å². The van der Waals surface area contributed by atoms with E-state index in [1.807, 2.05) is 13.8 Å². The number of aliphatic imine (C=N–C) groups is 1. The molecular formula is C11H21N3O2. The van der Waals surface area contributed by atoms with Gasteiger partial charge < -0.3 is 16.6 Å². The number of nitrogens with two attached hydrogens (primary N) is 2. The van der Waals surface area contributed by atoms with Gasteiger partial charge in [-0.2, -0.15) is 0 Å². The minimum absolute atomic E-state index is 0.381. The second-order valence-electron chi connectivity index (χ2n) is 3.98. The van der Waals surface area contributed by atoms with Gasteiger partial charge in [-0.3, -0.25) is 9.79 Å².